The minimum atomic E-state index is -0.558. The van der Waals surface area contributed by atoms with Gasteiger partial charge in [-0.2, -0.15) is 0 Å². The van der Waals surface area contributed by atoms with Gasteiger partial charge in [0.1, 0.15) is 5.75 Å². The minimum absolute atomic E-state index is 0.00323. The number of amides is 2. The van der Waals surface area contributed by atoms with E-state index in [-0.39, 0.29) is 11.0 Å². The molecule has 0 atom stereocenters. The molecule has 1 aliphatic heterocycles. The molecule has 5 heteroatoms. The van der Waals surface area contributed by atoms with Gasteiger partial charge in [-0.15, -0.1) is 0 Å². The lowest BCUT2D eigenvalue weighted by Gasteiger charge is -2.19. The molecular formula is C25H21NO4. The number of imide groups is 1. The van der Waals surface area contributed by atoms with Gasteiger partial charge >= 0.3 is 5.97 Å². The fraction of sp³-hybridized carbons (Fsp3) is 0.160. The van der Waals surface area contributed by atoms with Crippen molar-refractivity contribution in [3.8, 4) is 5.75 Å². The minimum Gasteiger partial charge on any atom is -0.423 e. The molecule has 2 amide bonds. The molecule has 0 aromatic heterocycles. The molecule has 0 radical (unpaired) electrons. The molecule has 4 rings (SSSR count). The first kappa shape index (κ1) is 19.6. The van der Waals surface area contributed by atoms with Crippen molar-refractivity contribution in [2.45, 2.75) is 26.2 Å². The lowest BCUT2D eigenvalue weighted by molar-refractivity contribution is 0.0733. The van der Waals surface area contributed by atoms with Crippen LogP contribution in [0.2, 0.25) is 0 Å². The third kappa shape index (κ3) is 3.50. The quantitative estimate of drug-likeness (QED) is 0.353. The van der Waals surface area contributed by atoms with Gasteiger partial charge in [-0.3, -0.25) is 9.59 Å². The van der Waals surface area contributed by atoms with E-state index in [1.807, 2.05) is 12.1 Å². The normalized spacial score (nSPS) is 13.4. The molecule has 0 bridgehead atoms. The molecule has 150 valence electrons. The molecule has 0 fully saturated rings. The van der Waals surface area contributed by atoms with Gasteiger partial charge in [0.05, 0.1) is 22.4 Å². The van der Waals surface area contributed by atoms with Crippen LogP contribution in [0, 0.1) is 0 Å². The number of nitrogens with zero attached hydrogens (tertiary/aromatic N) is 1. The maximum absolute atomic E-state index is 12.7. The largest absolute Gasteiger partial charge is 0.423 e. The lowest BCUT2D eigenvalue weighted by atomic mass is 9.87. The smallest absolute Gasteiger partial charge is 0.343 e. The van der Waals surface area contributed by atoms with Crippen molar-refractivity contribution in [3.05, 3.63) is 95.1 Å². The van der Waals surface area contributed by atoms with Gasteiger partial charge in [0.2, 0.25) is 0 Å². The highest BCUT2D eigenvalue weighted by molar-refractivity contribution is 6.34. The van der Waals surface area contributed by atoms with Crippen LogP contribution in [-0.2, 0) is 5.41 Å². The number of ether oxygens (including phenoxy) is 1. The molecular weight excluding hydrogens is 378 g/mol. The number of benzene rings is 3. The van der Waals surface area contributed by atoms with Gasteiger partial charge in [-0.25, -0.2) is 9.69 Å². The molecule has 0 spiro atoms. The number of fused-ring (bicyclic) bond motifs is 1. The second-order valence-corrected chi connectivity index (χ2v) is 8.21. The number of anilines is 1. The van der Waals surface area contributed by atoms with Gasteiger partial charge in [0.25, 0.3) is 11.8 Å². The molecule has 3 aromatic rings. The maximum atomic E-state index is 12.7. The standard InChI is InChI=1S/C25H21NO4/c1-25(2,3)17-11-13-19(14-12-17)30-24(29)16-7-6-8-18(15-16)26-22(27)20-9-4-5-10-21(20)23(26)28/h4-15H,1-3H3. The maximum Gasteiger partial charge on any atom is 0.343 e. The monoisotopic (exact) mass is 399 g/mol. The first-order valence-corrected chi connectivity index (χ1v) is 9.66. The van der Waals surface area contributed by atoms with Crippen LogP contribution < -0.4 is 9.64 Å². The summed E-state index contributed by atoms with van der Waals surface area (Å²) in [6.45, 7) is 6.33. The van der Waals surface area contributed by atoms with Crippen LogP contribution in [0.4, 0.5) is 5.69 Å². The highest BCUT2D eigenvalue weighted by Gasteiger charge is 2.36. The Balaban J connectivity index is 1.56. The van der Waals surface area contributed by atoms with Crippen LogP contribution >= 0.6 is 0 Å². The second-order valence-electron chi connectivity index (χ2n) is 8.21. The molecule has 0 N–H and O–H groups in total. The van der Waals surface area contributed by atoms with Gasteiger partial charge in [-0.1, -0.05) is 51.1 Å². The number of carbonyl (C=O) groups is 3. The van der Waals surface area contributed by atoms with E-state index in [1.165, 1.54) is 6.07 Å². The number of hydrogen-bond donors (Lipinski definition) is 0. The number of hydrogen-bond acceptors (Lipinski definition) is 4. The summed E-state index contributed by atoms with van der Waals surface area (Å²) >= 11 is 0. The van der Waals surface area contributed by atoms with E-state index in [9.17, 15) is 14.4 Å². The third-order valence-corrected chi connectivity index (χ3v) is 5.07. The summed E-state index contributed by atoms with van der Waals surface area (Å²) in [5, 5.41) is 0. The van der Waals surface area contributed by atoms with Crippen molar-refractivity contribution in [3.63, 3.8) is 0 Å². The lowest BCUT2D eigenvalue weighted by Crippen LogP contribution is -2.29. The van der Waals surface area contributed by atoms with Crippen LogP contribution in [0.3, 0.4) is 0 Å². The molecule has 1 aliphatic rings. The summed E-state index contributed by atoms with van der Waals surface area (Å²) in [5.41, 5.74) is 2.44. The predicted octanol–water partition coefficient (Wildman–Crippen LogP) is 5.00. The second kappa shape index (κ2) is 7.26. The Morgan fingerprint density at radius 1 is 0.800 bits per heavy atom. The van der Waals surface area contributed by atoms with Gasteiger partial charge in [-0.05, 0) is 53.4 Å². The predicted molar refractivity (Wildman–Crippen MR) is 114 cm³/mol. The summed E-state index contributed by atoms with van der Waals surface area (Å²) in [6, 6.07) is 20.4. The number of carbonyl (C=O) groups excluding carboxylic acids is 3. The Hall–Kier alpha value is -3.73. The number of rotatable bonds is 3. The number of esters is 1. The zero-order chi connectivity index (χ0) is 21.5. The van der Waals surface area contributed by atoms with E-state index in [2.05, 4.69) is 20.8 Å². The summed E-state index contributed by atoms with van der Waals surface area (Å²) < 4.78 is 5.47. The molecule has 1 heterocycles. The van der Waals surface area contributed by atoms with Gasteiger partial charge in [0.15, 0.2) is 0 Å². The average Bonchev–Trinajstić information content (AvgIpc) is 2.98. The van der Waals surface area contributed by atoms with Crippen LogP contribution in [-0.4, -0.2) is 17.8 Å². The molecule has 0 saturated carbocycles. The summed E-state index contributed by atoms with van der Waals surface area (Å²) in [7, 11) is 0. The first-order chi connectivity index (χ1) is 14.3. The third-order valence-electron chi connectivity index (χ3n) is 5.07. The van der Waals surface area contributed by atoms with E-state index in [4.69, 9.17) is 4.74 Å². The first-order valence-electron chi connectivity index (χ1n) is 9.66. The zero-order valence-electron chi connectivity index (χ0n) is 17.0. The van der Waals surface area contributed by atoms with E-state index >= 15 is 0 Å². The SMILES string of the molecule is CC(C)(C)c1ccc(OC(=O)c2cccc(N3C(=O)c4ccccc4C3=O)c2)cc1. The van der Waals surface area contributed by atoms with E-state index < -0.39 is 17.8 Å². The zero-order valence-corrected chi connectivity index (χ0v) is 17.0. The Kier molecular flexibility index (Phi) is 4.74. The van der Waals surface area contributed by atoms with Crippen LogP contribution in [0.15, 0.2) is 72.8 Å². The van der Waals surface area contributed by atoms with Crippen molar-refractivity contribution >= 4 is 23.5 Å². The van der Waals surface area contributed by atoms with Crippen molar-refractivity contribution in [1.29, 1.82) is 0 Å². The Morgan fingerprint density at radius 3 is 1.97 bits per heavy atom. The fourth-order valence-electron chi connectivity index (χ4n) is 3.38. The molecule has 5 nitrogen and oxygen atoms in total. The summed E-state index contributed by atoms with van der Waals surface area (Å²) in [5.74, 6) is -0.936. The van der Waals surface area contributed by atoms with Crippen LogP contribution in [0.5, 0.6) is 5.75 Å². The van der Waals surface area contributed by atoms with Crippen LogP contribution in [0.1, 0.15) is 57.4 Å². The van der Waals surface area contributed by atoms with Crippen molar-refractivity contribution in [2.24, 2.45) is 0 Å². The molecule has 0 saturated heterocycles. The van der Waals surface area contributed by atoms with Crippen molar-refractivity contribution < 1.29 is 19.1 Å². The fourth-order valence-corrected chi connectivity index (χ4v) is 3.38. The van der Waals surface area contributed by atoms with Crippen molar-refractivity contribution in [2.75, 3.05) is 4.90 Å². The van der Waals surface area contributed by atoms with Crippen LogP contribution in [0.25, 0.3) is 0 Å². The van der Waals surface area contributed by atoms with Gasteiger partial charge in [0, 0.05) is 0 Å². The molecule has 3 aromatic carbocycles. The van der Waals surface area contributed by atoms with Crippen molar-refractivity contribution in [1.82, 2.24) is 0 Å². The summed E-state index contributed by atoms with van der Waals surface area (Å²) in [6.07, 6.45) is 0. The summed E-state index contributed by atoms with van der Waals surface area (Å²) in [4.78, 5) is 39.1. The Morgan fingerprint density at radius 2 is 1.40 bits per heavy atom. The van der Waals surface area contributed by atoms with E-state index in [0.717, 1.165) is 10.5 Å². The topological polar surface area (TPSA) is 63.7 Å². The highest BCUT2D eigenvalue weighted by Crippen LogP contribution is 2.29. The van der Waals surface area contributed by atoms with Gasteiger partial charge < -0.3 is 4.74 Å². The average molecular weight is 399 g/mol. The Bertz CT molecular complexity index is 1120. The highest BCUT2D eigenvalue weighted by atomic mass is 16.5. The van der Waals surface area contributed by atoms with E-state index in [1.54, 1.807) is 54.6 Å². The molecule has 0 aliphatic carbocycles. The molecule has 0 unspecified atom stereocenters. The van der Waals surface area contributed by atoms with E-state index in [0.29, 0.717) is 22.6 Å². The molecule has 30 heavy (non-hydrogen) atoms. The Labute approximate surface area is 174 Å².